The third-order valence-corrected chi connectivity index (χ3v) is 3.91. The van der Waals surface area contributed by atoms with Crippen molar-refractivity contribution in [3.05, 3.63) is 34.9 Å². The molecular weight excluding hydrogens is 260 g/mol. The average Bonchev–Trinajstić information content (AvgIpc) is 2.89. The van der Waals surface area contributed by atoms with Crippen molar-refractivity contribution in [2.45, 2.75) is 44.7 Å². The van der Waals surface area contributed by atoms with E-state index in [1.54, 1.807) is 0 Å². The van der Waals surface area contributed by atoms with Gasteiger partial charge in [0.15, 0.2) is 0 Å². The van der Waals surface area contributed by atoms with E-state index < -0.39 is 0 Å². The Morgan fingerprint density at radius 2 is 1.95 bits per heavy atom. The minimum Gasteiger partial charge on any atom is -0.352 e. The monoisotopic (exact) mass is 280 g/mol. The van der Waals surface area contributed by atoms with E-state index in [2.05, 4.69) is 10.6 Å². The van der Waals surface area contributed by atoms with Crippen LogP contribution in [-0.2, 0) is 4.79 Å². The molecule has 0 bridgehead atoms. The first kappa shape index (κ1) is 14.4. The Bertz CT molecular complexity index is 413. The standard InChI is InChI=1S/C15H21ClN2O/c1-11(12-6-8-13(16)9-7-12)17-10-15(19)18-14-4-2-3-5-14/h6-9,11,14,17H,2-5,10H2,1H3,(H,18,19)/t11-/m0/s1. The molecule has 1 aliphatic rings. The first-order valence-electron chi connectivity index (χ1n) is 6.93. The van der Waals surface area contributed by atoms with Gasteiger partial charge in [0.05, 0.1) is 6.54 Å². The summed E-state index contributed by atoms with van der Waals surface area (Å²) in [5, 5.41) is 7.04. The zero-order chi connectivity index (χ0) is 13.7. The number of amides is 1. The van der Waals surface area contributed by atoms with Crippen LogP contribution in [0.3, 0.4) is 0 Å². The van der Waals surface area contributed by atoms with Gasteiger partial charge in [-0.1, -0.05) is 36.6 Å². The largest absolute Gasteiger partial charge is 0.352 e. The number of rotatable bonds is 5. The summed E-state index contributed by atoms with van der Waals surface area (Å²) in [5.41, 5.74) is 1.14. The molecule has 1 aromatic carbocycles. The van der Waals surface area contributed by atoms with Crippen LogP contribution in [0.25, 0.3) is 0 Å². The average molecular weight is 281 g/mol. The second kappa shape index (κ2) is 6.92. The maximum absolute atomic E-state index is 11.8. The van der Waals surface area contributed by atoms with Crippen LogP contribution in [0.1, 0.15) is 44.2 Å². The summed E-state index contributed by atoms with van der Waals surface area (Å²) in [5.74, 6) is 0.0905. The highest BCUT2D eigenvalue weighted by atomic mass is 35.5. The summed E-state index contributed by atoms with van der Waals surface area (Å²) >= 11 is 5.85. The molecule has 0 heterocycles. The number of hydrogen-bond acceptors (Lipinski definition) is 2. The molecular formula is C15H21ClN2O. The van der Waals surface area contributed by atoms with Crippen molar-refractivity contribution in [2.75, 3.05) is 6.54 Å². The van der Waals surface area contributed by atoms with E-state index in [0.717, 1.165) is 23.4 Å². The minimum atomic E-state index is 0.0905. The summed E-state index contributed by atoms with van der Waals surface area (Å²) in [4.78, 5) is 11.8. The molecule has 2 N–H and O–H groups in total. The van der Waals surface area contributed by atoms with Crippen LogP contribution in [0.2, 0.25) is 5.02 Å². The van der Waals surface area contributed by atoms with E-state index in [4.69, 9.17) is 11.6 Å². The van der Waals surface area contributed by atoms with Gasteiger partial charge in [-0.05, 0) is 37.5 Å². The second-order valence-corrected chi connectivity index (χ2v) is 5.64. The zero-order valence-corrected chi connectivity index (χ0v) is 12.0. The maximum atomic E-state index is 11.8. The van der Waals surface area contributed by atoms with Crippen molar-refractivity contribution in [3.8, 4) is 0 Å². The lowest BCUT2D eigenvalue weighted by atomic mass is 10.1. The van der Waals surface area contributed by atoms with Gasteiger partial charge in [-0.2, -0.15) is 0 Å². The highest BCUT2D eigenvalue weighted by Gasteiger charge is 2.17. The Morgan fingerprint density at radius 3 is 2.58 bits per heavy atom. The van der Waals surface area contributed by atoms with Gasteiger partial charge in [0.1, 0.15) is 0 Å². The Morgan fingerprint density at radius 1 is 1.32 bits per heavy atom. The molecule has 0 aliphatic heterocycles. The number of carbonyl (C=O) groups is 1. The molecule has 3 nitrogen and oxygen atoms in total. The molecule has 0 saturated heterocycles. The molecule has 0 radical (unpaired) electrons. The van der Waals surface area contributed by atoms with Gasteiger partial charge in [-0.3, -0.25) is 4.79 Å². The summed E-state index contributed by atoms with van der Waals surface area (Å²) in [6, 6.07) is 8.23. The normalized spacial score (nSPS) is 17.4. The summed E-state index contributed by atoms with van der Waals surface area (Å²) in [6.45, 7) is 2.41. The number of hydrogen-bond donors (Lipinski definition) is 2. The van der Waals surface area contributed by atoms with Crippen molar-refractivity contribution in [3.63, 3.8) is 0 Å². The van der Waals surface area contributed by atoms with Crippen molar-refractivity contribution >= 4 is 17.5 Å². The number of halogens is 1. The van der Waals surface area contributed by atoms with E-state index in [0.29, 0.717) is 12.6 Å². The van der Waals surface area contributed by atoms with Crippen LogP contribution in [0.5, 0.6) is 0 Å². The second-order valence-electron chi connectivity index (χ2n) is 5.20. The van der Waals surface area contributed by atoms with Crippen LogP contribution in [0.15, 0.2) is 24.3 Å². The molecule has 1 atom stereocenters. The number of carbonyl (C=O) groups excluding carboxylic acids is 1. The van der Waals surface area contributed by atoms with Crippen molar-refractivity contribution in [1.82, 2.24) is 10.6 Å². The van der Waals surface area contributed by atoms with Crippen LogP contribution < -0.4 is 10.6 Å². The molecule has 1 fully saturated rings. The van der Waals surface area contributed by atoms with Crippen molar-refractivity contribution in [2.24, 2.45) is 0 Å². The van der Waals surface area contributed by atoms with Crippen LogP contribution in [0.4, 0.5) is 0 Å². The molecule has 104 valence electrons. The molecule has 1 amide bonds. The smallest absolute Gasteiger partial charge is 0.234 e. The lowest BCUT2D eigenvalue weighted by molar-refractivity contribution is -0.121. The summed E-state index contributed by atoms with van der Waals surface area (Å²) in [7, 11) is 0. The highest BCUT2D eigenvalue weighted by Crippen LogP contribution is 2.18. The first-order valence-corrected chi connectivity index (χ1v) is 7.31. The Hall–Kier alpha value is -1.06. The van der Waals surface area contributed by atoms with Crippen LogP contribution in [-0.4, -0.2) is 18.5 Å². The molecule has 1 aromatic rings. The number of nitrogens with one attached hydrogen (secondary N) is 2. The minimum absolute atomic E-state index is 0.0905. The third kappa shape index (κ3) is 4.51. The molecule has 19 heavy (non-hydrogen) atoms. The summed E-state index contributed by atoms with van der Waals surface area (Å²) in [6.07, 6.45) is 4.72. The SMILES string of the molecule is C[C@H](NCC(=O)NC1CCCC1)c1ccc(Cl)cc1. The van der Waals surface area contributed by atoms with Crippen molar-refractivity contribution in [1.29, 1.82) is 0 Å². The predicted octanol–water partition coefficient (Wildman–Crippen LogP) is 3.05. The maximum Gasteiger partial charge on any atom is 0.234 e. The highest BCUT2D eigenvalue weighted by molar-refractivity contribution is 6.30. The lowest BCUT2D eigenvalue weighted by Crippen LogP contribution is -2.39. The first-order chi connectivity index (χ1) is 9.15. The zero-order valence-electron chi connectivity index (χ0n) is 11.3. The van der Waals surface area contributed by atoms with E-state index >= 15 is 0 Å². The van der Waals surface area contributed by atoms with E-state index in [-0.39, 0.29) is 11.9 Å². The molecule has 1 aliphatic carbocycles. The Labute approximate surface area is 119 Å². The van der Waals surface area contributed by atoms with Crippen molar-refractivity contribution < 1.29 is 4.79 Å². The van der Waals surface area contributed by atoms with Gasteiger partial charge < -0.3 is 10.6 Å². The fourth-order valence-electron chi connectivity index (χ4n) is 2.46. The number of benzene rings is 1. The fourth-order valence-corrected chi connectivity index (χ4v) is 2.59. The van der Waals surface area contributed by atoms with Crippen LogP contribution in [0, 0.1) is 0 Å². The molecule has 4 heteroatoms. The van der Waals surface area contributed by atoms with E-state index in [1.165, 1.54) is 12.8 Å². The fraction of sp³-hybridized carbons (Fsp3) is 0.533. The molecule has 1 saturated carbocycles. The van der Waals surface area contributed by atoms with Gasteiger partial charge in [-0.25, -0.2) is 0 Å². The Balaban J connectivity index is 1.74. The quantitative estimate of drug-likeness (QED) is 0.870. The van der Waals surface area contributed by atoms with Gasteiger partial charge in [0, 0.05) is 17.1 Å². The topological polar surface area (TPSA) is 41.1 Å². The predicted molar refractivity (Wildman–Crippen MR) is 78.3 cm³/mol. The molecule has 0 spiro atoms. The lowest BCUT2D eigenvalue weighted by Gasteiger charge is -2.16. The van der Waals surface area contributed by atoms with Gasteiger partial charge >= 0.3 is 0 Å². The molecule has 0 aromatic heterocycles. The Kier molecular flexibility index (Phi) is 5.23. The van der Waals surface area contributed by atoms with Gasteiger partial charge in [-0.15, -0.1) is 0 Å². The third-order valence-electron chi connectivity index (χ3n) is 3.66. The van der Waals surface area contributed by atoms with E-state index in [1.807, 2.05) is 31.2 Å². The van der Waals surface area contributed by atoms with Crippen LogP contribution >= 0.6 is 11.6 Å². The van der Waals surface area contributed by atoms with Gasteiger partial charge in [0.2, 0.25) is 5.91 Å². The van der Waals surface area contributed by atoms with E-state index in [9.17, 15) is 4.79 Å². The molecule has 2 rings (SSSR count). The molecule has 0 unspecified atom stereocenters. The summed E-state index contributed by atoms with van der Waals surface area (Å²) < 4.78 is 0. The van der Waals surface area contributed by atoms with Gasteiger partial charge in [0.25, 0.3) is 0 Å².